The fraction of sp³-hybridized carbons (Fsp3) is 0.353. The Morgan fingerprint density at radius 1 is 1.36 bits per heavy atom. The summed E-state index contributed by atoms with van der Waals surface area (Å²) < 4.78 is 11.4. The third-order valence-corrected chi connectivity index (χ3v) is 3.97. The summed E-state index contributed by atoms with van der Waals surface area (Å²) in [4.78, 5) is 30.1. The van der Waals surface area contributed by atoms with Crippen molar-refractivity contribution in [1.82, 2.24) is 15.3 Å². The standard InChI is InChI=1S/C17H20N4O4/c18-17(23)11-1-3-13(4-2-11)25-15-5-6-24-9-14(15)21-16(22)7-12-8-19-10-20-12/h1-4,8,10,14-15H,5-7,9H2,(H2,18,23)(H,19,20)(H,21,22)/t14-,15-/m1/s1. The number of nitrogens with one attached hydrogen (secondary N) is 2. The molecule has 8 heteroatoms. The molecule has 1 aromatic carbocycles. The highest BCUT2D eigenvalue weighted by molar-refractivity contribution is 5.92. The number of amides is 2. The zero-order valence-electron chi connectivity index (χ0n) is 13.6. The Labute approximate surface area is 144 Å². The number of benzene rings is 1. The van der Waals surface area contributed by atoms with Crippen LogP contribution in [0.1, 0.15) is 22.5 Å². The van der Waals surface area contributed by atoms with Crippen molar-refractivity contribution in [2.45, 2.75) is 25.0 Å². The number of carbonyl (C=O) groups is 2. The fourth-order valence-electron chi connectivity index (χ4n) is 2.68. The molecule has 2 aromatic rings. The van der Waals surface area contributed by atoms with Crippen LogP contribution in [0.4, 0.5) is 0 Å². The minimum atomic E-state index is -0.485. The number of nitrogens with zero attached hydrogens (tertiary/aromatic N) is 1. The topological polar surface area (TPSA) is 119 Å². The van der Waals surface area contributed by atoms with Crippen LogP contribution in [0, 0.1) is 0 Å². The zero-order valence-corrected chi connectivity index (χ0v) is 13.6. The SMILES string of the molecule is NC(=O)c1ccc(O[C@@H]2CCOC[C@H]2NC(=O)Cc2cnc[nH]2)cc1. The van der Waals surface area contributed by atoms with Crippen molar-refractivity contribution < 1.29 is 19.1 Å². The molecule has 2 heterocycles. The van der Waals surface area contributed by atoms with E-state index in [1.165, 1.54) is 6.33 Å². The Bertz CT molecular complexity index is 715. The van der Waals surface area contributed by atoms with Gasteiger partial charge in [0.1, 0.15) is 11.9 Å². The van der Waals surface area contributed by atoms with E-state index in [2.05, 4.69) is 15.3 Å². The Morgan fingerprint density at radius 3 is 2.84 bits per heavy atom. The second-order valence-corrected chi connectivity index (χ2v) is 5.84. The largest absolute Gasteiger partial charge is 0.488 e. The summed E-state index contributed by atoms with van der Waals surface area (Å²) >= 11 is 0. The number of imidazole rings is 1. The first-order valence-corrected chi connectivity index (χ1v) is 8.02. The van der Waals surface area contributed by atoms with Gasteiger partial charge in [-0.05, 0) is 24.3 Å². The van der Waals surface area contributed by atoms with Crippen LogP contribution in [0.5, 0.6) is 5.75 Å². The number of rotatable bonds is 6. The van der Waals surface area contributed by atoms with Crippen LogP contribution in [0.15, 0.2) is 36.8 Å². The first-order chi connectivity index (χ1) is 12.1. The number of nitrogens with two attached hydrogens (primary N) is 1. The molecule has 0 aliphatic carbocycles. The first-order valence-electron chi connectivity index (χ1n) is 8.02. The van der Waals surface area contributed by atoms with Gasteiger partial charge in [-0.3, -0.25) is 9.59 Å². The normalized spacial score (nSPS) is 20.0. The molecule has 3 rings (SSSR count). The molecule has 8 nitrogen and oxygen atoms in total. The maximum absolute atomic E-state index is 12.2. The van der Waals surface area contributed by atoms with Crippen molar-refractivity contribution in [3.63, 3.8) is 0 Å². The molecule has 0 radical (unpaired) electrons. The Kier molecular flexibility index (Phi) is 5.30. The molecule has 1 saturated heterocycles. The number of hydrogen-bond acceptors (Lipinski definition) is 5. The summed E-state index contributed by atoms with van der Waals surface area (Å²) in [5.41, 5.74) is 6.39. The molecule has 0 unspecified atom stereocenters. The van der Waals surface area contributed by atoms with Gasteiger partial charge >= 0.3 is 0 Å². The lowest BCUT2D eigenvalue weighted by atomic mass is 10.1. The molecule has 2 amide bonds. The van der Waals surface area contributed by atoms with Crippen LogP contribution in [-0.4, -0.2) is 47.1 Å². The Hall–Kier alpha value is -2.87. The lowest BCUT2D eigenvalue weighted by Crippen LogP contribution is -2.52. The summed E-state index contributed by atoms with van der Waals surface area (Å²) in [6, 6.07) is 6.36. The Morgan fingerprint density at radius 2 is 2.16 bits per heavy atom. The quantitative estimate of drug-likeness (QED) is 0.701. The minimum Gasteiger partial charge on any atom is -0.488 e. The average Bonchev–Trinajstić information content (AvgIpc) is 3.10. The van der Waals surface area contributed by atoms with Gasteiger partial charge in [0, 0.05) is 23.9 Å². The van der Waals surface area contributed by atoms with E-state index in [4.69, 9.17) is 15.2 Å². The number of aromatic amines is 1. The van der Waals surface area contributed by atoms with Gasteiger partial charge in [-0.15, -0.1) is 0 Å². The van der Waals surface area contributed by atoms with Crippen LogP contribution in [0.2, 0.25) is 0 Å². The monoisotopic (exact) mass is 344 g/mol. The number of primary amides is 1. The average molecular weight is 344 g/mol. The Balaban J connectivity index is 1.60. The number of hydrogen-bond donors (Lipinski definition) is 3. The number of ether oxygens (including phenoxy) is 2. The van der Waals surface area contributed by atoms with Crippen LogP contribution >= 0.6 is 0 Å². The molecular formula is C17H20N4O4. The number of H-pyrrole nitrogens is 1. The molecule has 25 heavy (non-hydrogen) atoms. The van der Waals surface area contributed by atoms with E-state index in [0.29, 0.717) is 30.9 Å². The van der Waals surface area contributed by atoms with Crippen molar-refractivity contribution in [1.29, 1.82) is 0 Å². The fourth-order valence-corrected chi connectivity index (χ4v) is 2.68. The molecular weight excluding hydrogens is 324 g/mol. The molecule has 0 spiro atoms. The smallest absolute Gasteiger partial charge is 0.248 e. The molecule has 0 bridgehead atoms. The van der Waals surface area contributed by atoms with E-state index < -0.39 is 5.91 Å². The lowest BCUT2D eigenvalue weighted by Gasteiger charge is -2.32. The van der Waals surface area contributed by atoms with Gasteiger partial charge in [0.15, 0.2) is 0 Å². The zero-order chi connectivity index (χ0) is 17.6. The summed E-state index contributed by atoms with van der Waals surface area (Å²) in [5, 5.41) is 2.95. The van der Waals surface area contributed by atoms with Gasteiger partial charge in [0.25, 0.3) is 0 Å². The van der Waals surface area contributed by atoms with E-state index >= 15 is 0 Å². The molecule has 2 atom stereocenters. The predicted octanol–water partition coefficient (Wildman–Crippen LogP) is 0.404. The van der Waals surface area contributed by atoms with E-state index in [9.17, 15) is 9.59 Å². The van der Waals surface area contributed by atoms with Gasteiger partial charge < -0.3 is 25.5 Å². The first kappa shape index (κ1) is 17.0. The van der Waals surface area contributed by atoms with Crippen molar-refractivity contribution in [2.75, 3.05) is 13.2 Å². The minimum absolute atomic E-state index is 0.127. The highest BCUT2D eigenvalue weighted by Gasteiger charge is 2.29. The molecule has 1 aliphatic rings. The molecule has 1 aromatic heterocycles. The van der Waals surface area contributed by atoms with Crippen molar-refractivity contribution in [2.24, 2.45) is 5.73 Å². The molecule has 4 N–H and O–H groups in total. The number of aromatic nitrogens is 2. The van der Waals surface area contributed by atoms with Gasteiger partial charge in [-0.25, -0.2) is 4.98 Å². The van der Waals surface area contributed by atoms with E-state index in [0.717, 1.165) is 5.69 Å². The van der Waals surface area contributed by atoms with Crippen LogP contribution < -0.4 is 15.8 Å². The number of carbonyl (C=O) groups excluding carboxylic acids is 2. The maximum Gasteiger partial charge on any atom is 0.248 e. The van der Waals surface area contributed by atoms with E-state index in [-0.39, 0.29) is 24.5 Å². The third-order valence-electron chi connectivity index (χ3n) is 3.97. The van der Waals surface area contributed by atoms with Crippen LogP contribution in [0.3, 0.4) is 0 Å². The highest BCUT2D eigenvalue weighted by Crippen LogP contribution is 2.19. The van der Waals surface area contributed by atoms with Crippen molar-refractivity contribution in [3.05, 3.63) is 48.0 Å². The summed E-state index contributed by atoms with van der Waals surface area (Å²) in [5.74, 6) is 0.00343. The van der Waals surface area contributed by atoms with Gasteiger partial charge in [-0.2, -0.15) is 0 Å². The highest BCUT2D eigenvalue weighted by atomic mass is 16.5. The molecule has 1 aliphatic heterocycles. The van der Waals surface area contributed by atoms with Gasteiger partial charge in [-0.1, -0.05) is 0 Å². The van der Waals surface area contributed by atoms with Crippen molar-refractivity contribution >= 4 is 11.8 Å². The maximum atomic E-state index is 12.2. The molecule has 132 valence electrons. The van der Waals surface area contributed by atoms with E-state index in [1.54, 1.807) is 30.5 Å². The van der Waals surface area contributed by atoms with Gasteiger partial charge in [0.05, 0.1) is 32.0 Å². The third kappa shape index (κ3) is 4.57. The summed E-state index contributed by atoms with van der Waals surface area (Å²) in [6.45, 7) is 0.954. The van der Waals surface area contributed by atoms with Gasteiger partial charge in [0.2, 0.25) is 11.8 Å². The second-order valence-electron chi connectivity index (χ2n) is 5.84. The summed E-state index contributed by atoms with van der Waals surface area (Å²) in [7, 11) is 0. The van der Waals surface area contributed by atoms with E-state index in [1.807, 2.05) is 0 Å². The second kappa shape index (κ2) is 7.80. The summed E-state index contributed by atoms with van der Waals surface area (Å²) in [6.07, 6.45) is 3.82. The lowest BCUT2D eigenvalue weighted by molar-refractivity contribution is -0.123. The van der Waals surface area contributed by atoms with Crippen molar-refractivity contribution in [3.8, 4) is 5.75 Å². The predicted molar refractivity (Wildman–Crippen MR) is 89.0 cm³/mol. The molecule has 1 fully saturated rings. The molecule has 0 saturated carbocycles. The van der Waals surface area contributed by atoms with Crippen LogP contribution in [0.25, 0.3) is 0 Å². The van der Waals surface area contributed by atoms with Crippen LogP contribution in [-0.2, 0) is 16.0 Å².